The third-order valence-electron chi connectivity index (χ3n) is 2.96. The van der Waals surface area contributed by atoms with Gasteiger partial charge < -0.3 is 15.0 Å². The van der Waals surface area contributed by atoms with Crippen LogP contribution in [0.25, 0.3) is 0 Å². The van der Waals surface area contributed by atoms with Gasteiger partial charge in [0.1, 0.15) is 0 Å². The van der Waals surface area contributed by atoms with E-state index in [4.69, 9.17) is 9.88 Å². The fourth-order valence-corrected chi connectivity index (χ4v) is 1.94. The smallest absolute Gasteiger partial charge is 0.210 e. The van der Waals surface area contributed by atoms with Crippen LogP contribution in [0.5, 0.6) is 0 Å². The van der Waals surface area contributed by atoms with Crippen LogP contribution in [0, 0.1) is 5.92 Å². The Hall–Kier alpha value is -0.130. The quantitative estimate of drug-likeness (QED) is 0.234. The Labute approximate surface area is 144 Å². The Bertz CT molecular complexity index is 413. The van der Waals surface area contributed by atoms with Gasteiger partial charge in [0.25, 0.3) is 0 Å². The monoisotopic (exact) mass is 434 g/mol. The molecule has 126 valence electrons. The molecule has 0 spiro atoms. The number of primary sulfonamides is 1. The lowest BCUT2D eigenvalue weighted by molar-refractivity contribution is 0.115. The van der Waals surface area contributed by atoms with Gasteiger partial charge in [0, 0.05) is 26.7 Å². The Balaban J connectivity index is 0.00000400. The van der Waals surface area contributed by atoms with Gasteiger partial charge in [0.05, 0.1) is 18.9 Å². The number of hydrogen-bond acceptors (Lipinski definition) is 4. The molecule has 0 heterocycles. The van der Waals surface area contributed by atoms with Gasteiger partial charge in [0.2, 0.25) is 10.0 Å². The number of hydrogen-bond donors (Lipinski definition) is 2. The molecule has 0 aromatic heterocycles. The third kappa shape index (κ3) is 11.1. The first-order chi connectivity index (χ1) is 9.42. The number of guanidine groups is 1. The van der Waals surface area contributed by atoms with Crippen LogP contribution in [0.15, 0.2) is 4.99 Å². The van der Waals surface area contributed by atoms with Crippen LogP contribution >= 0.6 is 24.0 Å². The average molecular weight is 434 g/mol. The van der Waals surface area contributed by atoms with E-state index in [2.05, 4.69) is 10.3 Å². The fraction of sp³-hybridized carbons (Fsp3) is 0.917. The molecule has 0 atom stereocenters. The highest BCUT2D eigenvalue weighted by Crippen LogP contribution is 2.28. The molecular weight excluding hydrogens is 407 g/mol. The molecule has 1 saturated carbocycles. The maximum Gasteiger partial charge on any atom is 0.210 e. The summed E-state index contributed by atoms with van der Waals surface area (Å²) in [7, 11) is -1.56. The normalized spacial score (nSPS) is 15.5. The summed E-state index contributed by atoms with van der Waals surface area (Å²) in [4.78, 5) is 6.17. The highest BCUT2D eigenvalue weighted by molar-refractivity contribution is 14.0. The SMILES string of the molecule is CCNC(=NCCS(N)(=O)=O)N(C)CCOCC1CC1.I. The number of ether oxygens (including phenoxy) is 1. The van der Waals surface area contributed by atoms with Crippen molar-refractivity contribution in [3.8, 4) is 0 Å². The zero-order valence-corrected chi connectivity index (χ0v) is 15.9. The third-order valence-corrected chi connectivity index (χ3v) is 3.71. The number of nitrogens with zero attached hydrogens (tertiary/aromatic N) is 2. The van der Waals surface area contributed by atoms with Gasteiger partial charge in [-0.05, 0) is 25.7 Å². The highest BCUT2D eigenvalue weighted by atomic mass is 127. The van der Waals surface area contributed by atoms with E-state index >= 15 is 0 Å². The van der Waals surface area contributed by atoms with Crippen LogP contribution in [0.1, 0.15) is 19.8 Å². The average Bonchev–Trinajstić information content (AvgIpc) is 3.16. The summed E-state index contributed by atoms with van der Waals surface area (Å²) in [6.07, 6.45) is 2.57. The Morgan fingerprint density at radius 2 is 2.14 bits per heavy atom. The maximum absolute atomic E-state index is 10.9. The molecule has 0 aliphatic heterocycles. The summed E-state index contributed by atoms with van der Waals surface area (Å²) in [6, 6.07) is 0. The van der Waals surface area contributed by atoms with Crippen molar-refractivity contribution in [2.24, 2.45) is 16.0 Å². The Morgan fingerprint density at radius 3 is 2.67 bits per heavy atom. The highest BCUT2D eigenvalue weighted by Gasteiger charge is 2.21. The number of rotatable bonds is 9. The molecule has 21 heavy (non-hydrogen) atoms. The lowest BCUT2D eigenvalue weighted by Crippen LogP contribution is -2.41. The minimum atomic E-state index is -3.46. The van der Waals surface area contributed by atoms with Gasteiger partial charge in [-0.2, -0.15) is 0 Å². The predicted molar refractivity (Wildman–Crippen MR) is 95.5 cm³/mol. The second kappa shape index (κ2) is 10.6. The summed E-state index contributed by atoms with van der Waals surface area (Å²) in [5.41, 5.74) is 0. The van der Waals surface area contributed by atoms with Gasteiger partial charge in [-0.3, -0.25) is 4.99 Å². The molecular formula is C12H27IN4O3S. The second-order valence-corrected chi connectivity index (χ2v) is 6.78. The van der Waals surface area contributed by atoms with Gasteiger partial charge >= 0.3 is 0 Å². The lowest BCUT2D eigenvalue weighted by Gasteiger charge is -2.21. The van der Waals surface area contributed by atoms with Gasteiger partial charge in [-0.25, -0.2) is 13.6 Å². The number of nitrogens with one attached hydrogen (secondary N) is 1. The lowest BCUT2D eigenvalue weighted by atomic mass is 10.5. The van der Waals surface area contributed by atoms with Crippen molar-refractivity contribution < 1.29 is 13.2 Å². The predicted octanol–water partition coefficient (Wildman–Crippen LogP) is 0.217. The first-order valence-electron chi connectivity index (χ1n) is 7.00. The summed E-state index contributed by atoms with van der Waals surface area (Å²) in [5.74, 6) is 1.29. The molecule has 1 rings (SSSR count). The number of likely N-dealkylation sites (N-methyl/N-ethyl adjacent to an activating group) is 1. The van der Waals surface area contributed by atoms with E-state index in [-0.39, 0.29) is 36.3 Å². The molecule has 0 saturated heterocycles. The van der Waals surface area contributed by atoms with Crippen molar-refractivity contribution in [1.82, 2.24) is 10.2 Å². The molecule has 0 unspecified atom stereocenters. The molecule has 7 nitrogen and oxygen atoms in total. The Kier molecular flexibility index (Phi) is 10.5. The van der Waals surface area contributed by atoms with Crippen LogP contribution in [-0.4, -0.2) is 64.9 Å². The first-order valence-corrected chi connectivity index (χ1v) is 8.71. The zero-order chi connectivity index (χ0) is 15.0. The van der Waals surface area contributed by atoms with E-state index in [1.165, 1.54) is 12.8 Å². The minimum absolute atomic E-state index is 0. The topological polar surface area (TPSA) is 97.0 Å². The molecule has 0 aromatic carbocycles. The van der Waals surface area contributed by atoms with Gasteiger partial charge in [-0.15, -0.1) is 24.0 Å². The standard InChI is InChI=1S/C12H26N4O3S.HI/c1-3-14-12(15-6-9-20(13,17)18)16(2)7-8-19-10-11-4-5-11;/h11H,3-10H2,1-2H3,(H,14,15)(H2,13,17,18);1H. The van der Waals surface area contributed by atoms with E-state index in [0.717, 1.165) is 19.1 Å². The molecule has 3 N–H and O–H groups in total. The number of aliphatic imine (C=N–C) groups is 1. The molecule has 0 amide bonds. The number of halogens is 1. The molecule has 1 aliphatic rings. The fourth-order valence-electron chi connectivity index (χ4n) is 1.59. The molecule has 1 aliphatic carbocycles. The zero-order valence-electron chi connectivity index (χ0n) is 12.7. The minimum Gasteiger partial charge on any atom is -0.379 e. The van der Waals surface area contributed by atoms with E-state index < -0.39 is 10.0 Å². The van der Waals surface area contributed by atoms with E-state index in [0.29, 0.717) is 19.1 Å². The molecule has 0 bridgehead atoms. The summed E-state index contributed by atoms with van der Waals surface area (Å²) < 4.78 is 27.3. The number of sulfonamides is 1. The van der Waals surface area contributed by atoms with E-state index in [1.807, 2.05) is 18.9 Å². The summed E-state index contributed by atoms with van der Waals surface area (Å²) >= 11 is 0. The van der Waals surface area contributed by atoms with Crippen molar-refractivity contribution in [2.75, 3.05) is 45.6 Å². The van der Waals surface area contributed by atoms with Crippen molar-refractivity contribution in [2.45, 2.75) is 19.8 Å². The molecule has 0 aromatic rings. The summed E-state index contributed by atoms with van der Waals surface area (Å²) in [6.45, 7) is 5.05. The Morgan fingerprint density at radius 1 is 1.48 bits per heavy atom. The van der Waals surface area contributed by atoms with Crippen molar-refractivity contribution in [3.05, 3.63) is 0 Å². The van der Waals surface area contributed by atoms with Gasteiger partial charge in [-0.1, -0.05) is 0 Å². The van der Waals surface area contributed by atoms with Gasteiger partial charge in [0.15, 0.2) is 5.96 Å². The molecule has 0 radical (unpaired) electrons. The molecule has 9 heteroatoms. The maximum atomic E-state index is 10.9. The van der Waals surface area contributed by atoms with Crippen LogP contribution < -0.4 is 10.5 Å². The van der Waals surface area contributed by atoms with Crippen LogP contribution in [0.3, 0.4) is 0 Å². The summed E-state index contributed by atoms with van der Waals surface area (Å²) in [5, 5.41) is 8.07. The van der Waals surface area contributed by atoms with Crippen LogP contribution in [-0.2, 0) is 14.8 Å². The number of nitrogens with two attached hydrogens (primary N) is 1. The molecule has 1 fully saturated rings. The van der Waals surface area contributed by atoms with Crippen LogP contribution in [0.2, 0.25) is 0 Å². The van der Waals surface area contributed by atoms with Crippen molar-refractivity contribution in [3.63, 3.8) is 0 Å². The van der Waals surface area contributed by atoms with Crippen molar-refractivity contribution in [1.29, 1.82) is 0 Å². The first kappa shape index (κ1) is 20.9. The van der Waals surface area contributed by atoms with Crippen molar-refractivity contribution >= 4 is 40.0 Å². The van der Waals surface area contributed by atoms with Crippen LogP contribution in [0.4, 0.5) is 0 Å². The van der Waals surface area contributed by atoms with E-state index in [9.17, 15) is 8.42 Å². The van der Waals surface area contributed by atoms with E-state index in [1.54, 1.807) is 0 Å². The largest absolute Gasteiger partial charge is 0.379 e. The second-order valence-electron chi connectivity index (χ2n) is 5.04.